The van der Waals surface area contributed by atoms with Crippen molar-refractivity contribution in [1.29, 1.82) is 0 Å². The first kappa shape index (κ1) is 21.6. The molecule has 2 aromatic heterocycles. The quantitative estimate of drug-likeness (QED) is 0.431. The van der Waals surface area contributed by atoms with Gasteiger partial charge in [-0.2, -0.15) is 0 Å². The minimum atomic E-state index is -0.597. The van der Waals surface area contributed by atoms with E-state index in [1.54, 1.807) is 19.3 Å². The number of oxazole rings is 1. The summed E-state index contributed by atoms with van der Waals surface area (Å²) in [6.07, 6.45) is 2.07. The first-order chi connectivity index (χ1) is 14.6. The molecule has 0 aliphatic heterocycles. The van der Waals surface area contributed by atoms with Gasteiger partial charge in [0, 0.05) is 19.4 Å². The summed E-state index contributed by atoms with van der Waals surface area (Å²) in [5.74, 6) is 2.24. The van der Waals surface area contributed by atoms with Gasteiger partial charge in [-0.3, -0.25) is 0 Å². The molecule has 0 aliphatic rings. The number of hydrogen-bond donors (Lipinski definition) is 0. The van der Waals surface area contributed by atoms with E-state index in [9.17, 15) is 4.79 Å². The van der Waals surface area contributed by atoms with Crippen molar-refractivity contribution >= 4 is 5.97 Å². The summed E-state index contributed by atoms with van der Waals surface area (Å²) in [6.45, 7) is 6.77. The molecule has 0 amide bonds. The number of benzene rings is 1. The molecule has 1 atom stereocenters. The molecule has 160 valence electrons. The van der Waals surface area contributed by atoms with E-state index in [2.05, 4.69) is 4.98 Å². The van der Waals surface area contributed by atoms with Crippen LogP contribution in [0.2, 0.25) is 0 Å². The standard InChI is InChI=1S/C23H27NO6/c1-4-26-21(23(25)27-5-2)15-17-8-10-18(11-9-17)28-14-12-19-16(3)30-22(24-19)20-7-6-13-29-20/h6-11,13,21H,4-5,12,14-15H2,1-3H3/t21-/m0/s1. The molecule has 0 saturated carbocycles. The largest absolute Gasteiger partial charge is 0.493 e. The minimum absolute atomic E-state index is 0.336. The molecule has 3 rings (SSSR count). The number of aromatic nitrogens is 1. The zero-order valence-electron chi connectivity index (χ0n) is 17.6. The van der Waals surface area contributed by atoms with Gasteiger partial charge in [0.15, 0.2) is 11.9 Å². The van der Waals surface area contributed by atoms with Crippen molar-refractivity contribution in [3.05, 3.63) is 59.7 Å². The van der Waals surface area contributed by atoms with Gasteiger partial charge in [0.25, 0.3) is 5.89 Å². The molecule has 7 heteroatoms. The summed E-state index contributed by atoms with van der Waals surface area (Å²) in [7, 11) is 0. The first-order valence-electron chi connectivity index (χ1n) is 10.1. The number of aryl methyl sites for hydroxylation is 1. The molecule has 0 unspecified atom stereocenters. The van der Waals surface area contributed by atoms with Crippen molar-refractivity contribution in [3.8, 4) is 17.4 Å². The molecule has 0 aliphatic carbocycles. The lowest BCUT2D eigenvalue weighted by atomic mass is 10.1. The van der Waals surface area contributed by atoms with Crippen molar-refractivity contribution in [1.82, 2.24) is 4.98 Å². The molecular weight excluding hydrogens is 386 g/mol. The molecule has 2 heterocycles. The lowest BCUT2D eigenvalue weighted by molar-refractivity contribution is -0.156. The van der Waals surface area contributed by atoms with Gasteiger partial charge >= 0.3 is 5.97 Å². The summed E-state index contributed by atoms with van der Waals surface area (Å²) in [4.78, 5) is 16.5. The molecule has 0 saturated heterocycles. The Kier molecular flexibility index (Phi) is 7.68. The van der Waals surface area contributed by atoms with Crippen LogP contribution in [0.1, 0.15) is 30.9 Å². The van der Waals surface area contributed by atoms with Crippen molar-refractivity contribution < 1.29 is 27.8 Å². The third kappa shape index (κ3) is 5.73. The van der Waals surface area contributed by atoms with Gasteiger partial charge in [-0.15, -0.1) is 0 Å². The maximum atomic E-state index is 12.0. The molecule has 0 spiro atoms. The Morgan fingerprint density at radius 3 is 2.60 bits per heavy atom. The highest BCUT2D eigenvalue weighted by atomic mass is 16.6. The van der Waals surface area contributed by atoms with Crippen LogP contribution in [0.4, 0.5) is 0 Å². The van der Waals surface area contributed by atoms with Crippen molar-refractivity contribution in [3.63, 3.8) is 0 Å². The van der Waals surface area contributed by atoms with E-state index in [0.29, 0.717) is 44.3 Å². The monoisotopic (exact) mass is 413 g/mol. The number of ether oxygens (including phenoxy) is 3. The highest BCUT2D eigenvalue weighted by Gasteiger charge is 2.20. The van der Waals surface area contributed by atoms with Gasteiger partial charge in [-0.25, -0.2) is 9.78 Å². The Morgan fingerprint density at radius 2 is 1.93 bits per heavy atom. The number of carbonyl (C=O) groups excluding carboxylic acids is 1. The molecule has 1 aromatic carbocycles. The topological polar surface area (TPSA) is 83.9 Å². The van der Waals surface area contributed by atoms with E-state index in [4.69, 9.17) is 23.0 Å². The van der Waals surface area contributed by atoms with E-state index < -0.39 is 6.10 Å². The van der Waals surface area contributed by atoms with Gasteiger partial charge in [0.05, 0.1) is 25.2 Å². The highest BCUT2D eigenvalue weighted by molar-refractivity contribution is 5.75. The van der Waals surface area contributed by atoms with E-state index in [1.807, 2.05) is 44.2 Å². The van der Waals surface area contributed by atoms with Crippen LogP contribution < -0.4 is 4.74 Å². The SMILES string of the molecule is CCOC(=O)[C@H](Cc1ccc(OCCc2nc(-c3ccco3)oc2C)cc1)OCC. The smallest absolute Gasteiger partial charge is 0.335 e. The summed E-state index contributed by atoms with van der Waals surface area (Å²) in [5, 5.41) is 0. The van der Waals surface area contributed by atoms with Gasteiger partial charge in [-0.1, -0.05) is 12.1 Å². The summed E-state index contributed by atoms with van der Waals surface area (Å²) in [6, 6.07) is 11.2. The number of carbonyl (C=O) groups is 1. The molecule has 0 radical (unpaired) electrons. The van der Waals surface area contributed by atoms with Gasteiger partial charge in [0.2, 0.25) is 0 Å². The van der Waals surface area contributed by atoms with E-state index in [1.165, 1.54) is 0 Å². The molecule has 7 nitrogen and oxygen atoms in total. The number of rotatable bonds is 11. The molecule has 0 N–H and O–H groups in total. The van der Waals surface area contributed by atoms with Crippen LogP contribution in [-0.4, -0.2) is 36.9 Å². The van der Waals surface area contributed by atoms with Crippen molar-refractivity contribution in [2.75, 3.05) is 19.8 Å². The Bertz CT molecular complexity index is 914. The number of hydrogen-bond acceptors (Lipinski definition) is 7. The van der Waals surface area contributed by atoms with E-state index in [0.717, 1.165) is 22.8 Å². The lowest BCUT2D eigenvalue weighted by Crippen LogP contribution is -2.28. The van der Waals surface area contributed by atoms with Gasteiger partial charge < -0.3 is 23.0 Å². The van der Waals surface area contributed by atoms with E-state index >= 15 is 0 Å². The fourth-order valence-corrected chi connectivity index (χ4v) is 3.01. The number of esters is 1. The van der Waals surface area contributed by atoms with Crippen molar-refractivity contribution in [2.24, 2.45) is 0 Å². The molecule has 0 fully saturated rings. The molecule has 30 heavy (non-hydrogen) atoms. The molecule has 0 bridgehead atoms. The average molecular weight is 413 g/mol. The maximum Gasteiger partial charge on any atom is 0.335 e. The second-order valence-electron chi connectivity index (χ2n) is 6.64. The van der Waals surface area contributed by atoms with Crippen LogP contribution >= 0.6 is 0 Å². The van der Waals surface area contributed by atoms with Crippen molar-refractivity contribution in [2.45, 2.75) is 39.7 Å². The Hall–Kier alpha value is -3.06. The summed E-state index contributed by atoms with van der Waals surface area (Å²) in [5.41, 5.74) is 1.82. The lowest BCUT2D eigenvalue weighted by Gasteiger charge is -2.15. The zero-order chi connectivity index (χ0) is 21.3. The van der Waals surface area contributed by atoms with E-state index in [-0.39, 0.29) is 5.97 Å². The average Bonchev–Trinajstić information content (AvgIpc) is 3.39. The van der Waals surface area contributed by atoms with Crippen LogP contribution in [0.5, 0.6) is 5.75 Å². The minimum Gasteiger partial charge on any atom is -0.493 e. The normalized spacial score (nSPS) is 12.0. The summed E-state index contributed by atoms with van der Waals surface area (Å²) < 4.78 is 27.4. The third-order valence-corrected chi connectivity index (χ3v) is 4.49. The predicted octanol–water partition coefficient (Wildman–Crippen LogP) is 4.38. The third-order valence-electron chi connectivity index (χ3n) is 4.49. The Morgan fingerprint density at radius 1 is 1.13 bits per heavy atom. The van der Waals surface area contributed by atoms with Crippen LogP contribution in [0.3, 0.4) is 0 Å². The second-order valence-corrected chi connectivity index (χ2v) is 6.64. The number of nitrogens with zero attached hydrogens (tertiary/aromatic N) is 1. The Balaban J connectivity index is 1.52. The van der Waals surface area contributed by atoms with Crippen LogP contribution in [0.15, 0.2) is 51.5 Å². The highest BCUT2D eigenvalue weighted by Crippen LogP contribution is 2.22. The van der Waals surface area contributed by atoms with Gasteiger partial charge in [-0.05, 0) is 50.6 Å². The molecule has 3 aromatic rings. The second kappa shape index (κ2) is 10.6. The maximum absolute atomic E-state index is 12.0. The first-order valence-corrected chi connectivity index (χ1v) is 10.1. The fraction of sp³-hybridized carbons (Fsp3) is 0.391. The Labute approximate surface area is 176 Å². The predicted molar refractivity (Wildman–Crippen MR) is 110 cm³/mol. The summed E-state index contributed by atoms with van der Waals surface area (Å²) >= 11 is 0. The molecular formula is C23H27NO6. The number of furan rings is 1. The van der Waals surface area contributed by atoms with Crippen LogP contribution in [0, 0.1) is 6.92 Å². The zero-order valence-corrected chi connectivity index (χ0v) is 17.6. The van der Waals surface area contributed by atoms with Gasteiger partial charge in [0.1, 0.15) is 11.5 Å². The fourth-order valence-electron chi connectivity index (χ4n) is 3.01. The van der Waals surface area contributed by atoms with Crippen LogP contribution in [-0.2, 0) is 27.1 Å². The van der Waals surface area contributed by atoms with Crippen LogP contribution in [0.25, 0.3) is 11.7 Å².